The molecule has 0 heterocycles. The van der Waals surface area contributed by atoms with Gasteiger partial charge >= 0.3 is 5.97 Å². The Bertz CT molecular complexity index is 692. The van der Waals surface area contributed by atoms with Gasteiger partial charge in [0.05, 0.1) is 12.7 Å². The number of esters is 1. The van der Waals surface area contributed by atoms with E-state index in [0.29, 0.717) is 13.2 Å². The topological polar surface area (TPSA) is 81.8 Å². The SMILES string of the molecule is CC(CN)C(OCc1ccccc1)C(C)CC(O)C(=O)OCc1ccccc1. The summed E-state index contributed by atoms with van der Waals surface area (Å²) in [6, 6.07) is 19.3. The van der Waals surface area contributed by atoms with Crippen molar-refractivity contribution in [2.75, 3.05) is 6.54 Å². The Kier molecular flexibility index (Phi) is 9.14. The van der Waals surface area contributed by atoms with Gasteiger partial charge in [-0.1, -0.05) is 74.5 Å². The molecule has 28 heavy (non-hydrogen) atoms. The predicted octanol–water partition coefficient (Wildman–Crippen LogP) is 3.30. The van der Waals surface area contributed by atoms with E-state index in [-0.39, 0.29) is 31.0 Å². The van der Waals surface area contributed by atoms with Crippen LogP contribution in [-0.2, 0) is 27.5 Å². The van der Waals surface area contributed by atoms with Gasteiger partial charge in [0.15, 0.2) is 6.10 Å². The second-order valence-electron chi connectivity index (χ2n) is 7.30. The average molecular weight is 386 g/mol. The zero-order valence-corrected chi connectivity index (χ0v) is 16.7. The molecule has 152 valence electrons. The lowest BCUT2D eigenvalue weighted by Gasteiger charge is -2.30. The summed E-state index contributed by atoms with van der Waals surface area (Å²) in [5.74, 6) is -0.564. The first-order chi connectivity index (χ1) is 13.5. The fourth-order valence-corrected chi connectivity index (χ4v) is 3.20. The molecule has 4 atom stereocenters. The van der Waals surface area contributed by atoms with Crippen molar-refractivity contribution in [1.82, 2.24) is 0 Å². The third kappa shape index (κ3) is 7.08. The van der Waals surface area contributed by atoms with Crippen LogP contribution in [0.2, 0.25) is 0 Å². The molecular weight excluding hydrogens is 354 g/mol. The number of hydrogen-bond donors (Lipinski definition) is 2. The van der Waals surface area contributed by atoms with Crippen LogP contribution in [0.25, 0.3) is 0 Å². The first-order valence-corrected chi connectivity index (χ1v) is 9.75. The Hall–Kier alpha value is -2.21. The summed E-state index contributed by atoms with van der Waals surface area (Å²) in [6.07, 6.45) is -1.09. The fourth-order valence-electron chi connectivity index (χ4n) is 3.20. The molecular formula is C23H31NO4. The lowest BCUT2D eigenvalue weighted by Crippen LogP contribution is -2.37. The van der Waals surface area contributed by atoms with Gasteiger partial charge in [0.25, 0.3) is 0 Å². The molecule has 3 N–H and O–H groups in total. The molecule has 5 heteroatoms. The quantitative estimate of drug-likeness (QED) is 0.580. The van der Waals surface area contributed by atoms with Crippen molar-refractivity contribution in [3.63, 3.8) is 0 Å². The number of aliphatic hydroxyl groups is 1. The van der Waals surface area contributed by atoms with Crippen molar-refractivity contribution in [3.8, 4) is 0 Å². The normalized spacial score (nSPS) is 15.4. The number of ether oxygens (including phenoxy) is 2. The van der Waals surface area contributed by atoms with Crippen molar-refractivity contribution < 1.29 is 19.4 Å². The van der Waals surface area contributed by atoms with Crippen LogP contribution >= 0.6 is 0 Å². The Morgan fingerprint density at radius 2 is 1.46 bits per heavy atom. The molecule has 4 unspecified atom stereocenters. The highest BCUT2D eigenvalue weighted by Crippen LogP contribution is 2.23. The van der Waals surface area contributed by atoms with Gasteiger partial charge in [0, 0.05) is 0 Å². The third-order valence-electron chi connectivity index (χ3n) is 4.87. The Morgan fingerprint density at radius 3 is 2.00 bits per heavy atom. The number of nitrogens with two attached hydrogens (primary N) is 1. The first-order valence-electron chi connectivity index (χ1n) is 9.75. The van der Waals surface area contributed by atoms with Gasteiger partial charge in [-0.15, -0.1) is 0 Å². The largest absolute Gasteiger partial charge is 0.459 e. The highest BCUT2D eigenvalue weighted by atomic mass is 16.5. The summed E-state index contributed by atoms with van der Waals surface area (Å²) in [5, 5.41) is 10.3. The standard InChI is InChI=1S/C23H31NO4/c1-17(13-21(25)23(26)28-16-20-11-7-4-8-12-20)22(18(2)14-24)27-15-19-9-5-3-6-10-19/h3-12,17-18,21-22,25H,13-16,24H2,1-2H3. The minimum Gasteiger partial charge on any atom is -0.459 e. The van der Waals surface area contributed by atoms with E-state index >= 15 is 0 Å². The predicted molar refractivity (Wildman–Crippen MR) is 109 cm³/mol. The monoisotopic (exact) mass is 385 g/mol. The van der Waals surface area contributed by atoms with Crippen LogP contribution in [0.3, 0.4) is 0 Å². The van der Waals surface area contributed by atoms with Crippen LogP contribution < -0.4 is 5.73 Å². The number of benzene rings is 2. The summed E-state index contributed by atoms with van der Waals surface area (Å²) >= 11 is 0. The molecule has 0 aliphatic heterocycles. The van der Waals surface area contributed by atoms with Gasteiger partial charge in [-0.25, -0.2) is 4.79 Å². The smallest absolute Gasteiger partial charge is 0.335 e. The molecule has 0 amide bonds. The molecule has 0 aliphatic carbocycles. The summed E-state index contributed by atoms with van der Waals surface area (Å²) in [6.45, 7) is 5.08. The van der Waals surface area contributed by atoms with E-state index in [1.54, 1.807) is 0 Å². The highest BCUT2D eigenvalue weighted by molar-refractivity contribution is 5.74. The number of rotatable bonds is 11. The van der Waals surface area contributed by atoms with Crippen LogP contribution in [-0.4, -0.2) is 29.8 Å². The first kappa shape index (κ1) is 22.1. The van der Waals surface area contributed by atoms with Crippen LogP contribution in [0, 0.1) is 11.8 Å². The Morgan fingerprint density at radius 1 is 0.929 bits per heavy atom. The van der Waals surface area contributed by atoms with Crippen molar-refractivity contribution >= 4 is 5.97 Å². The van der Waals surface area contributed by atoms with E-state index in [4.69, 9.17) is 15.2 Å². The van der Waals surface area contributed by atoms with E-state index in [1.165, 1.54) is 0 Å². The molecule has 5 nitrogen and oxygen atoms in total. The number of hydrogen-bond acceptors (Lipinski definition) is 5. The third-order valence-corrected chi connectivity index (χ3v) is 4.87. The van der Waals surface area contributed by atoms with Gasteiger partial charge in [-0.2, -0.15) is 0 Å². The van der Waals surface area contributed by atoms with Crippen LogP contribution in [0.5, 0.6) is 0 Å². The Balaban J connectivity index is 1.87. The van der Waals surface area contributed by atoms with Gasteiger partial charge in [-0.05, 0) is 35.9 Å². The Labute approximate surface area is 167 Å². The van der Waals surface area contributed by atoms with Crippen LogP contribution in [0.15, 0.2) is 60.7 Å². The highest BCUT2D eigenvalue weighted by Gasteiger charge is 2.28. The summed E-state index contributed by atoms with van der Waals surface area (Å²) in [4.78, 5) is 12.2. The van der Waals surface area contributed by atoms with Gasteiger partial charge in [-0.3, -0.25) is 0 Å². The molecule has 0 spiro atoms. The van der Waals surface area contributed by atoms with E-state index in [1.807, 2.05) is 74.5 Å². The minimum absolute atomic E-state index is 0.0541. The zero-order valence-electron chi connectivity index (χ0n) is 16.7. The molecule has 0 fully saturated rings. The number of carbonyl (C=O) groups is 1. The van der Waals surface area contributed by atoms with E-state index in [9.17, 15) is 9.90 Å². The van der Waals surface area contributed by atoms with Crippen molar-refractivity contribution in [2.24, 2.45) is 17.6 Å². The zero-order chi connectivity index (χ0) is 20.4. The molecule has 0 bridgehead atoms. The molecule has 2 aromatic carbocycles. The lowest BCUT2D eigenvalue weighted by molar-refractivity contribution is -0.156. The van der Waals surface area contributed by atoms with E-state index < -0.39 is 12.1 Å². The van der Waals surface area contributed by atoms with Crippen LogP contribution in [0.4, 0.5) is 0 Å². The molecule has 2 rings (SSSR count). The number of carbonyl (C=O) groups excluding carboxylic acids is 1. The van der Waals surface area contributed by atoms with Crippen molar-refractivity contribution in [2.45, 2.75) is 45.7 Å². The summed E-state index contributed by atoms with van der Waals surface area (Å²) in [7, 11) is 0. The number of aliphatic hydroxyl groups excluding tert-OH is 1. The minimum atomic E-state index is -1.19. The molecule has 0 aliphatic rings. The lowest BCUT2D eigenvalue weighted by atomic mass is 9.89. The maximum Gasteiger partial charge on any atom is 0.335 e. The van der Waals surface area contributed by atoms with E-state index in [2.05, 4.69) is 0 Å². The van der Waals surface area contributed by atoms with E-state index in [0.717, 1.165) is 11.1 Å². The second kappa shape index (κ2) is 11.6. The molecule has 0 radical (unpaired) electrons. The van der Waals surface area contributed by atoms with Gasteiger partial charge in [0.1, 0.15) is 6.61 Å². The summed E-state index contributed by atoms with van der Waals surface area (Å²) < 4.78 is 11.3. The van der Waals surface area contributed by atoms with Crippen LogP contribution in [0.1, 0.15) is 31.4 Å². The van der Waals surface area contributed by atoms with Gasteiger partial charge < -0.3 is 20.3 Å². The van der Waals surface area contributed by atoms with Gasteiger partial charge in [0.2, 0.25) is 0 Å². The molecule has 0 saturated carbocycles. The van der Waals surface area contributed by atoms with Crippen molar-refractivity contribution in [1.29, 1.82) is 0 Å². The molecule has 2 aromatic rings. The fraction of sp³-hybridized carbons (Fsp3) is 0.435. The average Bonchev–Trinajstić information content (AvgIpc) is 2.73. The summed E-state index contributed by atoms with van der Waals surface area (Å²) in [5.41, 5.74) is 7.81. The second-order valence-corrected chi connectivity index (χ2v) is 7.30. The molecule has 0 saturated heterocycles. The maximum absolute atomic E-state index is 12.2. The maximum atomic E-state index is 12.2. The molecule has 0 aromatic heterocycles. The van der Waals surface area contributed by atoms with Crippen molar-refractivity contribution in [3.05, 3.63) is 71.8 Å².